The molecule has 0 fully saturated rings. The maximum Gasteiger partial charge on any atom is 0.310 e. The number of carbonyl (C=O) groups is 1. The molecule has 0 unspecified atom stereocenters. The van der Waals surface area contributed by atoms with E-state index in [4.69, 9.17) is 14.7 Å². The summed E-state index contributed by atoms with van der Waals surface area (Å²) in [6.45, 7) is 3.90. The maximum atomic E-state index is 11.5. The highest BCUT2D eigenvalue weighted by molar-refractivity contribution is 5.75. The number of carbonyl (C=O) groups excluding carboxylic acids is 1. The van der Waals surface area contributed by atoms with Gasteiger partial charge in [-0.1, -0.05) is 6.07 Å². The largest absolute Gasteiger partial charge is 0.496 e. The van der Waals surface area contributed by atoms with Gasteiger partial charge in [-0.2, -0.15) is 5.26 Å². The van der Waals surface area contributed by atoms with Crippen LogP contribution in [0.4, 0.5) is 0 Å². The first kappa shape index (κ1) is 13.0. The third kappa shape index (κ3) is 2.97. The fourth-order valence-corrected chi connectivity index (χ4v) is 1.62. The van der Waals surface area contributed by atoms with Gasteiger partial charge in [0.2, 0.25) is 0 Å². The van der Waals surface area contributed by atoms with Crippen molar-refractivity contribution in [2.24, 2.45) is 0 Å². The van der Waals surface area contributed by atoms with Crippen molar-refractivity contribution >= 4 is 5.97 Å². The van der Waals surface area contributed by atoms with Crippen molar-refractivity contribution in [1.29, 1.82) is 5.26 Å². The maximum absolute atomic E-state index is 11.5. The molecule has 90 valence electrons. The Balaban J connectivity index is 3.15. The minimum Gasteiger partial charge on any atom is -0.496 e. The highest BCUT2D eigenvalue weighted by Gasteiger charge is 2.15. The summed E-state index contributed by atoms with van der Waals surface area (Å²) in [5.74, 6) is 0.188. The standard InChI is InChI=1S/C13H15NO3/c1-4-17-13(15)7-10-11(8-14)9(2)5-6-12(10)16-3/h5-6H,4,7H2,1-3H3. The molecular formula is C13H15NO3. The van der Waals surface area contributed by atoms with E-state index < -0.39 is 0 Å². The Morgan fingerprint density at radius 3 is 2.71 bits per heavy atom. The first-order valence-electron chi connectivity index (χ1n) is 5.36. The molecule has 1 aromatic carbocycles. The molecule has 0 aliphatic heterocycles. The average molecular weight is 233 g/mol. The van der Waals surface area contributed by atoms with Crippen LogP contribution in [0, 0.1) is 18.3 Å². The lowest BCUT2D eigenvalue weighted by Crippen LogP contribution is -2.10. The Morgan fingerprint density at radius 1 is 1.47 bits per heavy atom. The minimum absolute atomic E-state index is 0.0571. The van der Waals surface area contributed by atoms with Crippen LogP contribution in [-0.2, 0) is 16.0 Å². The molecule has 0 saturated carbocycles. The lowest BCUT2D eigenvalue weighted by molar-refractivity contribution is -0.142. The van der Waals surface area contributed by atoms with Crippen molar-refractivity contribution < 1.29 is 14.3 Å². The van der Waals surface area contributed by atoms with Crippen LogP contribution < -0.4 is 4.74 Å². The smallest absolute Gasteiger partial charge is 0.310 e. The SMILES string of the molecule is CCOC(=O)Cc1c(OC)ccc(C)c1C#N. The predicted molar refractivity (Wildman–Crippen MR) is 62.8 cm³/mol. The van der Waals surface area contributed by atoms with Crippen molar-refractivity contribution in [2.75, 3.05) is 13.7 Å². The van der Waals surface area contributed by atoms with Crippen LogP contribution in [-0.4, -0.2) is 19.7 Å². The van der Waals surface area contributed by atoms with Gasteiger partial charge in [0.15, 0.2) is 0 Å². The third-order valence-electron chi connectivity index (χ3n) is 2.44. The monoisotopic (exact) mass is 233 g/mol. The molecule has 1 aromatic rings. The average Bonchev–Trinajstić information content (AvgIpc) is 2.30. The molecule has 0 aromatic heterocycles. The number of hydrogen-bond acceptors (Lipinski definition) is 4. The van der Waals surface area contributed by atoms with Gasteiger partial charge >= 0.3 is 5.97 Å². The minimum atomic E-state index is -0.354. The van der Waals surface area contributed by atoms with E-state index in [0.717, 1.165) is 5.56 Å². The van der Waals surface area contributed by atoms with E-state index in [1.54, 1.807) is 19.1 Å². The van der Waals surface area contributed by atoms with Gasteiger partial charge in [0.25, 0.3) is 0 Å². The quantitative estimate of drug-likeness (QED) is 0.746. The second-order valence-corrected chi connectivity index (χ2v) is 3.53. The lowest BCUT2D eigenvalue weighted by Gasteiger charge is -2.11. The summed E-state index contributed by atoms with van der Waals surface area (Å²) in [5, 5.41) is 9.10. The number of aryl methyl sites for hydroxylation is 1. The number of nitriles is 1. The van der Waals surface area contributed by atoms with Gasteiger partial charge in [-0.25, -0.2) is 0 Å². The zero-order valence-corrected chi connectivity index (χ0v) is 10.2. The van der Waals surface area contributed by atoms with Crippen LogP contribution >= 0.6 is 0 Å². The van der Waals surface area contributed by atoms with Crippen LogP contribution in [0.25, 0.3) is 0 Å². The molecule has 0 aliphatic carbocycles. The summed E-state index contributed by atoms with van der Waals surface area (Å²) in [6.07, 6.45) is 0.0571. The van der Waals surface area contributed by atoms with Crippen LogP contribution in [0.15, 0.2) is 12.1 Å². The molecule has 4 heteroatoms. The van der Waals surface area contributed by atoms with Crippen molar-refractivity contribution in [3.05, 3.63) is 28.8 Å². The Kier molecular flexibility index (Phi) is 4.53. The molecule has 4 nitrogen and oxygen atoms in total. The van der Waals surface area contributed by atoms with Gasteiger partial charge in [-0.15, -0.1) is 0 Å². The fraction of sp³-hybridized carbons (Fsp3) is 0.385. The lowest BCUT2D eigenvalue weighted by atomic mass is 9.99. The number of methoxy groups -OCH3 is 1. The topological polar surface area (TPSA) is 59.3 Å². The summed E-state index contributed by atoms with van der Waals surface area (Å²) in [5.41, 5.74) is 1.90. The number of benzene rings is 1. The summed E-state index contributed by atoms with van der Waals surface area (Å²) >= 11 is 0. The summed E-state index contributed by atoms with van der Waals surface area (Å²) in [6, 6.07) is 5.65. The number of hydrogen-bond donors (Lipinski definition) is 0. The van der Waals surface area contributed by atoms with Crippen molar-refractivity contribution in [3.63, 3.8) is 0 Å². The molecule has 0 saturated heterocycles. The molecule has 0 radical (unpaired) electrons. The second kappa shape index (κ2) is 5.90. The molecule has 0 atom stereocenters. The number of ether oxygens (including phenoxy) is 2. The van der Waals surface area contributed by atoms with Gasteiger partial charge in [0, 0.05) is 5.56 Å². The highest BCUT2D eigenvalue weighted by Crippen LogP contribution is 2.25. The molecule has 17 heavy (non-hydrogen) atoms. The number of nitrogens with zero attached hydrogens (tertiary/aromatic N) is 1. The molecule has 0 heterocycles. The molecule has 0 amide bonds. The Hall–Kier alpha value is -2.02. The summed E-state index contributed by atoms with van der Waals surface area (Å²) < 4.78 is 10.0. The van der Waals surface area contributed by atoms with E-state index >= 15 is 0 Å². The third-order valence-corrected chi connectivity index (χ3v) is 2.44. The Labute approximate surface area is 101 Å². The number of rotatable bonds is 4. The van der Waals surface area contributed by atoms with Gasteiger partial charge in [0.05, 0.1) is 31.8 Å². The van der Waals surface area contributed by atoms with Crippen molar-refractivity contribution in [1.82, 2.24) is 0 Å². The predicted octanol–water partition coefficient (Wildman–Crippen LogP) is 1.98. The first-order chi connectivity index (χ1) is 8.13. The van der Waals surface area contributed by atoms with Gasteiger partial charge < -0.3 is 9.47 Å². The zero-order valence-electron chi connectivity index (χ0n) is 10.2. The first-order valence-corrected chi connectivity index (χ1v) is 5.36. The van der Waals surface area contributed by atoms with Crippen molar-refractivity contribution in [2.45, 2.75) is 20.3 Å². The van der Waals surface area contributed by atoms with E-state index in [2.05, 4.69) is 6.07 Å². The molecule has 0 aliphatic rings. The molecule has 1 rings (SSSR count). The molecule has 0 bridgehead atoms. The van der Waals surface area contributed by atoms with E-state index in [-0.39, 0.29) is 12.4 Å². The number of esters is 1. The molecular weight excluding hydrogens is 218 g/mol. The van der Waals surface area contributed by atoms with Crippen LogP contribution in [0.3, 0.4) is 0 Å². The van der Waals surface area contributed by atoms with Gasteiger partial charge in [0.1, 0.15) is 5.75 Å². The van der Waals surface area contributed by atoms with Crippen molar-refractivity contribution in [3.8, 4) is 11.8 Å². The van der Waals surface area contributed by atoms with E-state index in [9.17, 15) is 4.79 Å². The van der Waals surface area contributed by atoms with E-state index in [1.807, 2.05) is 6.92 Å². The van der Waals surface area contributed by atoms with E-state index in [1.165, 1.54) is 7.11 Å². The van der Waals surface area contributed by atoms with E-state index in [0.29, 0.717) is 23.5 Å². The summed E-state index contributed by atoms with van der Waals surface area (Å²) in [4.78, 5) is 11.5. The van der Waals surface area contributed by atoms with Crippen LogP contribution in [0.2, 0.25) is 0 Å². The zero-order chi connectivity index (χ0) is 12.8. The van der Waals surface area contributed by atoms with Crippen LogP contribution in [0.1, 0.15) is 23.6 Å². The fourth-order valence-electron chi connectivity index (χ4n) is 1.62. The van der Waals surface area contributed by atoms with Gasteiger partial charge in [-0.05, 0) is 25.5 Å². The second-order valence-electron chi connectivity index (χ2n) is 3.53. The Morgan fingerprint density at radius 2 is 2.18 bits per heavy atom. The summed E-state index contributed by atoms with van der Waals surface area (Å²) in [7, 11) is 1.51. The highest BCUT2D eigenvalue weighted by atomic mass is 16.5. The van der Waals surface area contributed by atoms with Gasteiger partial charge in [-0.3, -0.25) is 4.79 Å². The molecule has 0 N–H and O–H groups in total. The Bertz CT molecular complexity index is 460. The molecule has 0 spiro atoms. The normalized spacial score (nSPS) is 9.53. The van der Waals surface area contributed by atoms with Crippen LogP contribution in [0.5, 0.6) is 5.75 Å².